The second kappa shape index (κ2) is 2.90. The lowest BCUT2D eigenvalue weighted by atomic mass is 10.2. The molecule has 0 saturated carbocycles. The normalized spacial score (nSPS) is 10.4. The van der Waals surface area contributed by atoms with Crippen molar-refractivity contribution >= 4 is 39.2 Å². The molecule has 60 valence electrons. The Morgan fingerprint density at radius 2 is 2.08 bits per heavy atom. The molecule has 1 aromatic carbocycles. The van der Waals surface area contributed by atoms with E-state index in [0.717, 1.165) is 20.2 Å². The Balaban J connectivity index is 2.80. The molecule has 2 rings (SSSR count). The van der Waals surface area contributed by atoms with Crippen LogP contribution in [0.3, 0.4) is 0 Å². The van der Waals surface area contributed by atoms with Gasteiger partial charge in [-0.25, -0.2) is 0 Å². The molecule has 2 N–H and O–H groups in total. The van der Waals surface area contributed by atoms with Gasteiger partial charge in [-0.3, -0.25) is 4.98 Å². The molecule has 2 aromatic rings. The molecule has 0 atom stereocenters. The molecule has 0 fully saturated rings. The number of fused-ring (bicyclic) bond motifs is 1. The number of halogens is 1. The Morgan fingerprint density at radius 1 is 1.25 bits per heavy atom. The number of aromatic nitrogens is 1. The molecule has 2 nitrogen and oxygen atoms in total. The third-order valence-corrected chi connectivity index (χ3v) is 2.26. The van der Waals surface area contributed by atoms with Crippen molar-refractivity contribution in [2.45, 2.75) is 0 Å². The Bertz CT molecular complexity index is 389. The summed E-state index contributed by atoms with van der Waals surface area (Å²) in [4.78, 5) is 4.26. The highest BCUT2D eigenvalue weighted by Gasteiger charge is 1.95. The first-order chi connectivity index (χ1) is 5.75. The summed E-state index contributed by atoms with van der Waals surface area (Å²) in [6, 6.07) is 7.80. The molecule has 1 heterocycles. The van der Waals surface area contributed by atoms with Gasteiger partial charge in [-0.05, 0) is 46.9 Å². The largest absolute Gasteiger partial charge is 0.399 e. The summed E-state index contributed by atoms with van der Waals surface area (Å²) in [6.45, 7) is 0. The van der Waals surface area contributed by atoms with E-state index in [-0.39, 0.29) is 0 Å². The van der Waals surface area contributed by atoms with E-state index >= 15 is 0 Å². The van der Waals surface area contributed by atoms with Crippen LogP contribution in [0.25, 0.3) is 10.9 Å². The smallest absolute Gasteiger partial charge is 0.0704 e. The van der Waals surface area contributed by atoms with Crippen LogP contribution in [0.2, 0.25) is 0 Å². The molecule has 0 aliphatic carbocycles. The summed E-state index contributed by atoms with van der Waals surface area (Å²) >= 11 is 2.24. The first kappa shape index (κ1) is 7.79. The van der Waals surface area contributed by atoms with Crippen LogP contribution in [0.5, 0.6) is 0 Å². The van der Waals surface area contributed by atoms with Crippen LogP contribution in [-0.4, -0.2) is 4.98 Å². The number of hydrogen-bond donors (Lipinski definition) is 1. The van der Waals surface area contributed by atoms with Crippen molar-refractivity contribution in [3.05, 3.63) is 34.0 Å². The van der Waals surface area contributed by atoms with E-state index in [1.165, 1.54) is 0 Å². The van der Waals surface area contributed by atoms with Crippen LogP contribution in [-0.2, 0) is 0 Å². The van der Waals surface area contributed by atoms with Gasteiger partial charge in [0.25, 0.3) is 0 Å². The van der Waals surface area contributed by atoms with Crippen LogP contribution in [0.15, 0.2) is 30.5 Å². The zero-order valence-corrected chi connectivity index (χ0v) is 8.45. The van der Waals surface area contributed by atoms with E-state index < -0.39 is 0 Å². The number of benzene rings is 1. The summed E-state index contributed by atoms with van der Waals surface area (Å²) in [5, 5.41) is 1.10. The molecule has 0 aliphatic rings. The Hall–Kier alpha value is -0.840. The van der Waals surface area contributed by atoms with Crippen molar-refractivity contribution in [1.29, 1.82) is 0 Å². The fourth-order valence-corrected chi connectivity index (χ4v) is 1.60. The number of nitrogens with zero attached hydrogens (tertiary/aromatic N) is 1. The maximum atomic E-state index is 5.64. The van der Waals surface area contributed by atoms with Crippen LogP contribution in [0, 0.1) is 3.57 Å². The van der Waals surface area contributed by atoms with Gasteiger partial charge in [0.15, 0.2) is 0 Å². The minimum absolute atomic E-state index is 0.784. The molecule has 12 heavy (non-hydrogen) atoms. The van der Waals surface area contributed by atoms with Crippen molar-refractivity contribution in [3.8, 4) is 0 Å². The van der Waals surface area contributed by atoms with E-state index in [9.17, 15) is 0 Å². The van der Waals surface area contributed by atoms with Crippen molar-refractivity contribution in [2.75, 3.05) is 5.73 Å². The van der Waals surface area contributed by atoms with Crippen LogP contribution in [0.4, 0.5) is 5.69 Å². The maximum absolute atomic E-state index is 5.64. The fourth-order valence-electron chi connectivity index (χ4n) is 1.12. The summed E-state index contributed by atoms with van der Waals surface area (Å²) in [7, 11) is 0. The highest BCUT2D eigenvalue weighted by atomic mass is 127. The number of pyridine rings is 1. The summed E-state index contributed by atoms with van der Waals surface area (Å²) in [5.74, 6) is 0. The van der Waals surface area contributed by atoms with Gasteiger partial charge in [-0.1, -0.05) is 0 Å². The quantitative estimate of drug-likeness (QED) is 0.589. The van der Waals surface area contributed by atoms with Gasteiger partial charge >= 0.3 is 0 Å². The van der Waals surface area contributed by atoms with Crippen LogP contribution < -0.4 is 5.73 Å². The number of nitrogen functional groups attached to an aromatic ring is 1. The Kier molecular flexibility index (Phi) is 1.88. The first-order valence-corrected chi connectivity index (χ1v) is 4.64. The monoisotopic (exact) mass is 270 g/mol. The van der Waals surface area contributed by atoms with Crippen LogP contribution >= 0.6 is 22.6 Å². The minimum Gasteiger partial charge on any atom is -0.399 e. The van der Waals surface area contributed by atoms with Crippen molar-refractivity contribution in [2.24, 2.45) is 0 Å². The van der Waals surface area contributed by atoms with E-state index in [4.69, 9.17) is 5.73 Å². The van der Waals surface area contributed by atoms with Gasteiger partial charge in [-0.15, -0.1) is 0 Å². The second-order valence-electron chi connectivity index (χ2n) is 2.61. The van der Waals surface area contributed by atoms with Gasteiger partial charge in [0.1, 0.15) is 0 Å². The number of rotatable bonds is 0. The van der Waals surface area contributed by atoms with Crippen molar-refractivity contribution in [3.63, 3.8) is 0 Å². The zero-order chi connectivity index (χ0) is 8.55. The molecular formula is C9H7IN2. The third-order valence-electron chi connectivity index (χ3n) is 1.67. The lowest BCUT2D eigenvalue weighted by molar-refractivity contribution is 1.39. The predicted molar refractivity (Wildman–Crippen MR) is 58.9 cm³/mol. The topological polar surface area (TPSA) is 38.9 Å². The molecule has 0 saturated heterocycles. The van der Waals surface area contributed by atoms with E-state index in [0.29, 0.717) is 0 Å². The molecule has 1 aromatic heterocycles. The molecule has 0 amide bonds. The van der Waals surface area contributed by atoms with E-state index in [2.05, 4.69) is 33.6 Å². The molecule has 0 bridgehead atoms. The first-order valence-electron chi connectivity index (χ1n) is 3.56. The number of anilines is 1. The van der Waals surface area contributed by atoms with E-state index in [1.807, 2.05) is 24.4 Å². The average Bonchev–Trinajstić information content (AvgIpc) is 2.03. The Morgan fingerprint density at radius 3 is 2.92 bits per heavy atom. The zero-order valence-electron chi connectivity index (χ0n) is 6.29. The second-order valence-corrected chi connectivity index (χ2v) is 3.85. The summed E-state index contributed by atoms with van der Waals surface area (Å²) < 4.78 is 1.13. The SMILES string of the molecule is Nc1ccc2ncc(I)cc2c1. The van der Waals surface area contributed by atoms with Crippen molar-refractivity contribution < 1.29 is 0 Å². The molecule has 0 unspecified atom stereocenters. The molecule has 0 aliphatic heterocycles. The minimum atomic E-state index is 0.784. The van der Waals surface area contributed by atoms with Crippen molar-refractivity contribution in [1.82, 2.24) is 4.98 Å². The van der Waals surface area contributed by atoms with Gasteiger partial charge < -0.3 is 5.73 Å². The van der Waals surface area contributed by atoms with E-state index in [1.54, 1.807) is 0 Å². The molecule has 0 spiro atoms. The lowest BCUT2D eigenvalue weighted by Gasteiger charge is -1.98. The van der Waals surface area contributed by atoms with Gasteiger partial charge in [-0.2, -0.15) is 0 Å². The van der Waals surface area contributed by atoms with Gasteiger partial charge in [0.2, 0.25) is 0 Å². The maximum Gasteiger partial charge on any atom is 0.0704 e. The van der Waals surface area contributed by atoms with Gasteiger partial charge in [0.05, 0.1) is 5.52 Å². The predicted octanol–water partition coefficient (Wildman–Crippen LogP) is 2.42. The summed E-state index contributed by atoms with van der Waals surface area (Å²) in [5.41, 5.74) is 7.42. The average molecular weight is 270 g/mol. The third kappa shape index (κ3) is 1.36. The molecule has 3 heteroatoms. The standard InChI is InChI=1S/C9H7IN2/c10-7-3-6-4-8(11)1-2-9(6)12-5-7/h1-5H,11H2. The fraction of sp³-hybridized carbons (Fsp3) is 0. The highest BCUT2D eigenvalue weighted by molar-refractivity contribution is 14.1. The molecular weight excluding hydrogens is 263 g/mol. The van der Waals surface area contributed by atoms with Gasteiger partial charge in [0, 0.05) is 20.8 Å². The number of nitrogens with two attached hydrogens (primary N) is 1. The molecule has 0 radical (unpaired) electrons. The lowest BCUT2D eigenvalue weighted by Crippen LogP contribution is -1.85. The Labute approximate surface area is 83.9 Å². The highest BCUT2D eigenvalue weighted by Crippen LogP contribution is 2.17. The van der Waals surface area contributed by atoms with Crippen LogP contribution in [0.1, 0.15) is 0 Å². The number of hydrogen-bond acceptors (Lipinski definition) is 2. The summed E-state index contributed by atoms with van der Waals surface area (Å²) in [6.07, 6.45) is 1.85.